The third kappa shape index (κ3) is 4.77. The largest absolute Gasteiger partial charge is 0.383 e. The van der Waals surface area contributed by atoms with Crippen molar-refractivity contribution in [2.45, 2.75) is 32.7 Å². The van der Waals surface area contributed by atoms with Crippen molar-refractivity contribution < 1.29 is 4.74 Å². The van der Waals surface area contributed by atoms with Gasteiger partial charge in [-0.1, -0.05) is 6.92 Å². The highest BCUT2D eigenvalue weighted by molar-refractivity contribution is 4.92. The van der Waals surface area contributed by atoms with E-state index in [1.54, 1.807) is 7.11 Å². The minimum Gasteiger partial charge on any atom is -0.383 e. The molecule has 1 N–H and O–H groups in total. The SMILES string of the molecule is CCCn1ccnc1CCCNCCOC. The van der Waals surface area contributed by atoms with Crippen LogP contribution in [0.4, 0.5) is 0 Å². The molecule has 4 nitrogen and oxygen atoms in total. The summed E-state index contributed by atoms with van der Waals surface area (Å²) in [6.07, 6.45) is 7.30. The van der Waals surface area contributed by atoms with Crippen LogP contribution in [-0.2, 0) is 17.7 Å². The maximum absolute atomic E-state index is 4.97. The van der Waals surface area contributed by atoms with E-state index in [4.69, 9.17) is 4.74 Å². The Labute approximate surface area is 98.0 Å². The standard InChI is InChI=1S/C12H23N3O/c1-3-9-15-10-7-14-12(15)5-4-6-13-8-11-16-2/h7,10,13H,3-6,8-9,11H2,1-2H3. The van der Waals surface area contributed by atoms with Crippen molar-refractivity contribution in [3.63, 3.8) is 0 Å². The zero-order chi connectivity index (χ0) is 11.6. The summed E-state index contributed by atoms with van der Waals surface area (Å²) < 4.78 is 7.21. The number of methoxy groups -OCH3 is 1. The molecule has 0 fully saturated rings. The Morgan fingerprint density at radius 2 is 2.31 bits per heavy atom. The van der Waals surface area contributed by atoms with E-state index in [0.717, 1.165) is 45.5 Å². The molecule has 0 unspecified atom stereocenters. The number of ether oxygens (including phenoxy) is 1. The van der Waals surface area contributed by atoms with Gasteiger partial charge in [0.15, 0.2) is 0 Å². The van der Waals surface area contributed by atoms with E-state index in [2.05, 4.69) is 28.0 Å². The fourth-order valence-electron chi connectivity index (χ4n) is 1.68. The van der Waals surface area contributed by atoms with Crippen molar-refractivity contribution in [3.05, 3.63) is 18.2 Å². The van der Waals surface area contributed by atoms with Gasteiger partial charge in [0.05, 0.1) is 6.61 Å². The normalized spacial score (nSPS) is 10.9. The molecule has 0 bridgehead atoms. The van der Waals surface area contributed by atoms with E-state index >= 15 is 0 Å². The van der Waals surface area contributed by atoms with E-state index in [9.17, 15) is 0 Å². The number of rotatable bonds is 9. The summed E-state index contributed by atoms with van der Waals surface area (Å²) in [5.41, 5.74) is 0. The lowest BCUT2D eigenvalue weighted by Crippen LogP contribution is -2.21. The van der Waals surface area contributed by atoms with Gasteiger partial charge in [-0.15, -0.1) is 0 Å². The number of aryl methyl sites for hydroxylation is 2. The molecular weight excluding hydrogens is 202 g/mol. The highest BCUT2D eigenvalue weighted by Gasteiger charge is 2.00. The summed E-state index contributed by atoms with van der Waals surface area (Å²) in [5, 5.41) is 3.34. The molecule has 0 saturated carbocycles. The molecule has 0 atom stereocenters. The average molecular weight is 225 g/mol. The zero-order valence-electron chi connectivity index (χ0n) is 10.4. The van der Waals surface area contributed by atoms with Gasteiger partial charge in [-0.25, -0.2) is 4.98 Å². The second-order valence-electron chi connectivity index (χ2n) is 3.88. The van der Waals surface area contributed by atoms with Crippen LogP contribution in [0.15, 0.2) is 12.4 Å². The fourth-order valence-corrected chi connectivity index (χ4v) is 1.68. The average Bonchev–Trinajstić information content (AvgIpc) is 2.72. The van der Waals surface area contributed by atoms with Gasteiger partial charge in [-0.05, 0) is 19.4 Å². The maximum atomic E-state index is 4.97. The molecule has 0 aliphatic carbocycles. The predicted octanol–water partition coefficient (Wildman–Crippen LogP) is 1.46. The lowest BCUT2D eigenvalue weighted by atomic mass is 10.3. The number of imidazole rings is 1. The third-order valence-electron chi connectivity index (χ3n) is 2.50. The Kier molecular flexibility index (Phi) is 6.85. The minimum atomic E-state index is 0.782. The Morgan fingerprint density at radius 3 is 3.06 bits per heavy atom. The van der Waals surface area contributed by atoms with Crippen molar-refractivity contribution in [1.82, 2.24) is 14.9 Å². The van der Waals surface area contributed by atoms with Crippen molar-refractivity contribution >= 4 is 0 Å². The van der Waals surface area contributed by atoms with Gasteiger partial charge in [-0.2, -0.15) is 0 Å². The molecule has 0 radical (unpaired) electrons. The van der Waals surface area contributed by atoms with E-state index in [1.165, 1.54) is 5.82 Å². The predicted molar refractivity (Wildman–Crippen MR) is 65.6 cm³/mol. The van der Waals surface area contributed by atoms with Crippen LogP contribution in [0.3, 0.4) is 0 Å². The summed E-state index contributed by atoms with van der Waals surface area (Å²) in [6.45, 7) is 6.01. The summed E-state index contributed by atoms with van der Waals surface area (Å²) in [4.78, 5) is 4.38. The number of hydrogen-bond donors (Lipinski definition) is 1. The second-order valence-corrected chi connectivity index (χ2v) is 3.88. The summed E-state index contributed by atoms with van der Waals surface area (Å²) >= 11 is 0. The van der Waals surface area contributed by atoms with Gasteiger partial charge < -0.3 is 14.6 Å². The van der Waals surface area contributed by atoms with Gasteiger partial charge in [-0.3, -0.25) is 0 Å². The third-order valence-corrected chi connectivity index (χ3v) is 2.50. The number of hydrogen-bond acceptors (Lipinski definition) is 3. The van der Waals surface area contributed by atoms with Crippen molar-refractivity contribution in [2.75, 3.05) is 26.8 Å². The monoisotopic (exact) mass is 225 g/mol. The number of nitrogens with one attached hydrogen (secondary N) is 1. The lowest BCUT2D eigenvalue weighted by Gasteiger charge is -2.06. The quantitative estimate of drug-likeness (QED) is 0.647. The molecule has 4 heteroatoms. The van der Waals surface area contributed by atoms with Gasteiger partial charge in [0.1, 0.15) is 5.82 Å². The molecule has 1 aromatic heterocycles. The molecule has 1 aromatic rings. The maximum Gasteiger partial charge on any atom is 0.108 e. The molecule has 1 heterocycles. The fraction of sp³-hybridized carbons (Fsp3) is 0.750. The first-order valence-electron chi connectivity index (χ1n) is 6.08. The van der Waals surface area contributed by atoms with Gasteiger partial charge >= 0.3 is 0 Å². The van der Waals surface area contributed by atoms with Crippen molar-refractivity contribution in [2.24, 2.45) is 0 Å². The topological polar surface area (TPSA) is 39.1 Å². The van der Waals surface area contributed by atoms with Gasteiger partial charge in [0, 0.05) is 39.0 Å². The Bertz CT molecular complexity index is 273. The van der Waals surface area contributed by atoms with Gasteiger partial charge in [0.25, 0.3) is 0 Å². The van der Waals surface area contributed by atoms with Crippen molar-refractivity contribution in [3.8, 4) is 0 Å². The molecule has 0 aliphatic rings. The van der Waals surface area contributed by atoms with E-state index in [0.29, 0.717) is 0 Å². The summed E-state index contributed by atoms with van der Waals surface area (Å²) in [5.74, 6) is 1.20. The van der Waals surface area contributed by atoms with Crippen LogP contribution in [0.25, 0.3) is 0 Å². The van der Waals surface area contributed by atoms with Crippen LogP contribution in [-0.4, -0.2) is 36.4 Å². The number of aromatic nitrogens is 2. The van der Waals surface area contributed by atoms with Crippen molar-refractivity contribution in [1.29, 1.82) is 0 Å². The molecule has 0 aromatic carbocycles. The van der Waals surface area contributed by atoms with Crippen LogP contribution >= 0.6 is 0 Å². The Hall–Kier alpha value is -0.870. The van der Waals surface area contributed by atoms with E-state index in [1.807, 2.05) is 6.20 Å². The summed E-state index contributed by atoms with van der Waals surface area (Å²) in [7, 11) is 1.73. The minimum absolute atomic E-state index is 0.782. The first-order valence-corrected chi connectivity index (χ1v) is 6.08. The molecule has 0 spiro atoms. The van der Waals surface area contributed by atoms with Crippen LogP contribution in [0.2, 0.25) is 0 Å². The van der Waals surface area contributed by atoms with Gasteiger partial charge in [0.2, 0.25) is 0 Å². The molecule has 0 saturated heterocycles. The lowest BCUT2D eigenvalue weighted by molar-refractivity contribution is 0.199. The smallest absolute Gasteiger partial charge is 0.108 e. The van der Waals surface area contributed by atoms with E-state index in [-0.39, 0.29) is 0 Å². The zero-order valence-corrected chi connectivity index (χ0v) is 10.4. The number of nitrogens with zero attached hydrogens (tertiary/aromatic N) is 2. The molecule has 1 rings (SSSR count). The van der Waals surface area contributed by atoms with Crippen LogP contribution in [0.1, 0.15) is 25.6 Å². The first kappa shape index (κ1) is 13.2. The Morgan fingerprint density at radius 1 is 1.44 bits per heavy atom. The summed E-state index contributed by atoms with van der Waals surface area (Å²) in [6, 6.07) is 0. The highest BCUT2D eigenvalue weighted by atomic mass is 16.5. The molecule has 16 heavy (non-hydrogen) atoms. The Balaban J connectivity index is 2.13. The highest BCUT2D eigenvalue weighted by Crippen LogP contribution is 2.02. The molecule has 92 valence electrons. The molecular formula is C12H23N3O. The van der Waals surface area contributed by atoms with Crippen LogP contribution in [0.5, 0.6) is 0 Å². The molecule has 0 aliphatic heterocycles. The van der Waals surface area contributed by atoms with E-state index < -0.39 is 0 Å². The first-order chi connectivity index (χ1) is 7.88. The molecule has 0 amide bonds. The van der Waals surface area contributed by atoms with Crippen LogP contribution < -0.4 is 5.32 Å². The second kappa shape index (κ2) is 8.30. The van der Waals surface area contributed by atoms with Crippen LogP contribution in [0, 0.1) is 0 Å².